The number of hydrogen-bond donors (Lipinski definition) is 0. The summed E-state index contributed by atoms with van der Waals surface area (Å²) in [4.78, 5) is 29.2. The number of esters is 1. The topological polar surface area (TPSA) is 60.7 Å². The lowest BCUT2D eigenvalue weighted by molar-refractivity contribution is -0.139. The van der Waals surface area contributed by atoms with Crippen LogP contribution in [0.25, 0.3) is 11.7 Å². The van der Waals surface area contributed by atoms with Crippen molar-refractivity contribution >= 4 is 29.0 Å². The molecule has 0 amide bonds. The molecule has 6 heteroatoms. The van der Waals surface area contributed by atoms with E-state index >= 15 is 0 Å². The molecule has 0 aliphatic carbocycles. The van der Waals surface area contributed by atoms with Crippen LogP contribution in [0.2, 0.25) is 0 Å². The first-order valence-electron chi connectivity index (χ1n) is 7.41. The summed E-state index contributed by atoms with van der Waals surface area (Å²) in [7, 11) is 0. The first-order chi connectivity index (χ1) is 11.5. The Labute approximate surface area is 142 Å². The van der Waals surface area contributed by atoms with Gasteiger partial charge in [-0.1, -0.05) is 6.07 Å². The van der Waals surface area contributed by atoms with E-state index in [1.165, 1.54) is 16.5 Å². The van der Waals surface area contributed by atoms with Gasteiger partial charge in [-0.2, -0.15) is 0 Å². The smallest absolute Gasteiger partial charge is 0.331 e. The lowest BCUT2D eigenvalue weighted by atomic mass is 10.3. The number of thiophene rings is 1. The molecule has 0 aromatic carbocycles. The molecule has 0 aliphatic rings. The van der Waals surface area contributed by atoms with Crippen LogP contribution in [0.15, 0.2) is 46.7 Å². The Kier molecular flexibility index (Phi) is 4.57. The highest BCUT2D eigenvalue weighted by Crippen LogP contribution is 2.17. The van der Waals surface area contributed by atoms with Crippen molar-refractivity contribution in [3.05, 3.63) is 74.0 Å². The predicted octanol–water partition coefficient (Wildman–Crippen LogP) is 3.13. The van der Waals surface area contributed by atoms with E-state index < -0.39 is 5.97 Å². The standard InChI is InChI=1S/C18H16N2O3S/c1-12-3-5-16-19-14(9-17(21)20(16)10-12)11-23-18(22)6-4-15-13(2)7-8-24-15/h3-10H,11H2,1-2H3/b6-4+. The average molecular weight is 340 g/mol. The van der Waals surface area contributed by atoms with Gasteiger partial charge in [0.15, 0.2) is 0 Å². The Morgan fingerprint density at radius 3 is 2.92 bits per heavy atom. The van der Waals surface area contributed by atoms with E-state index in [0.29, 0.717) is 11.3 Å². The maximum absolute atomic E-state index is 12.1. The van der Waals surface area contributed by atoms with Crippen LogP contribution in [0.3, 0.4) is 0 Å². The number of aryl methyl sites for hydroxylation is 2. The van der Waals surface area contributed by atoms with Gasteiger partial charge in [0, 0.05) is 23.2 Å². The highest BCUT2D eigenvalue weighted by molar-refractivity contribution is 7.11. The van der Waals surface area contributed by atoms with Gasteiger partial charge in [-0.25, -0.2) is 9.78 Å². The molecule has 0 aliphatic heterocycles. The van der Waals surface area contributed by atoms with E-state index in [4.69, 9.17) is 4.74 Å². The molecule has 0 fully saturated rings. The molecule has 0 bridgehead atoms. The highest BCUT2D eigenvalue weighted by atomic mass is 32.1. The molecule has 3 aromatic rings. The quantitative estimate of drug-likeness (QED) is 0.541. The zero-order valence-electron chi connectivity index (χ0n) is 13.4. The summed E-state index contributed by atoms with van der Waals surface area (Å²) in [5.41, 5.74) is 2.85. The first kappa shape index (κ1) is 16.1. The molecule has 0 atom stereocenters. The van der Waals surface area contributed by atoms with E-state index in [9.17, 15) is 9.59 Å². The second-order valence-electron chi connectivity index (χ2n) is 5.43. The molecule has 0 spiro atoms. The van der Waals surface area contributed by atoms with Crippen molar-refractivity contribution in [1.82, 2.24) is 9.38 Å². The second kappa shape index (κ2) is 6.80. The molecule has 3 rings (SSSR count). The number of pyridine rings is 1. The van der Waals surface area contributed by atoms with E-state index in [1.54, 1.807) is 29.7 Å². The number of rotatable bonds is 4. The van der Waals surface area contributed by atoms with Crippen LogP contribution in [-0.4, -0.2) is 15.4 Å². The van der Waals surface area contributed by atoms with Crippen LogP contribution < -0.4 is 5.56 Å². The molecule has 3 heterocycles. The van der Waals surface area contributed by atoms with Crippen LogP contribution in [-0.2, 0) is 16.1 Å². The fourth-order valence-electron chi connectivity index (χ4n) is 2.22. The van der Waals surface area contributed by atoms with Crippen molar-refractivity contribution < 1.29 is 9.53 Å². The van der Waals surface area contributed by atoms with Crippen LogP contribution in [0, 0.1) is 13.8 Å². The fourth-order valence-corrected chi connectivity index (χ4v) is 3.04. The minimum absolute atomic E-state index is 0.0355. The largest absolute Gasteiger partial charge is 0.456 e. The Morgan fingerprint density at radius 2 is 2.17 bits per heavy atom. The molecule has 5 nitrogen and oxygen atoms in total. The zero-order valence-corrected chi connectivity index (χ0v) is 14.2. The van der Waals surface area contributed by atoms with Crippen molar-refractivity contribution in [2.75, 3.05) is 0 Å². The molecule has 0 unspecified atom stereocenters. The Hall–Kier alpha value is -2.73. The lowest BCUT2D eigenvalue weighted by Crippen LogP contribution is -2.16. The van der Waals surface area contributed by atoms with Crippen LogP contribution in [0.4, 0.5) is 0 Å². The van der Waals surface area contributed by atoms with Gasteiger partial charge in [0.05, 0.1) is 5.69 Å². The molecule has 3 aromatic heterocycles. The molecular formula is C18H16N2O3S. The van der Waals surface area contributed by atoms with Gasteiger partial charge in [0.25, 0.3) is 5.56 Å². The Balaban J connectivity index is 1.70. The van der Waals surface area contributed by atoms with Crippen LogP contribution in [0.1, 0.15) is 21.7 Å². The SMILES string of the molecule is Cc1ccc2nc(COC(=O)/C=C/c3sccc3C)cc(=O)n2c1. The van der Waals surface area contributed by atoms with Gasteiger partial charge >= 0.3 is 5.97 Å². The minimum Gasteiger partial charge on any atom is -0.456 e. The summed E-state index contributed by atoms with van der Waals surface area (Å²) in [6.45, 7) is 3.85. The maximum Gasteiger partial charge on any atom is 0.331 e. The number of carbonyl (C=O) groups excluding carboxylic acids is 1. The van der Waals surface area contributed by atoms with E-state index in [0.717, 1.165) is 16.0 Å². The number of fused-ring (bicyclic) bond motifs is 1. The van der Waals surface area contributed by atoms with Gasteiger partial charge in [0.1, 0.15) is 12.3 Å². The van der Waals surface area contributed by atoms with Crippen molar-refractivity contribution in [3.63, 3.8) is 0 Å². The van der Waals surface area contributed by atoms with Crippen molar-refractivity contribution in [2.24, 2.45) is 0 Å². The second-order valence-corrected chi connectivity index (χ2v) is 6.38. The van der Waals surface area contributed by atoms with Gasteiger partial charge in [-0.3, -0.25) is 9.20 Å². The van der Waals surface area contributed by atoms with Crippen molar-refractivity contribution in [1.29, 1.82) is 0 Å². The fraction of sp³-hybridized carbons (Fsp3) is 0.167. The number of ether oxygens (including phenoxy) is 1. The third kappa shape index (κ3) is 3.60. The number of carbonyl (C=O) groups is 1. The van der Waals surface area contributed by atoms with E-state index in [1.807, 2.05) is 31.4 Å². The molecule has 0 saturated carbocycles. The summed E-state index contributed by atoms with van der Waals surface area (Å²) >= 11 is 1.56. The van der Waals surface area contributed by atoms with Gasteiger partial charge in [-0.15, -0.1) is 11.3 Å². The summed E-state index contributed by atoms with van der Waals surface area (Å²) in [5, 5.41) is 1.97. The number of hydrogen-bond acceptors (Lipinski definition) is 5. The molecule has 0 saturated heterocycles. The average Bonchev–Trinajstić information content (AvgIpc) is 2.97. The molecule has 122 valence electrons. The molecule has 0 radical (unpaired) electrons. The Morgan fingerprint density at radius 1 is 1.33 bits per heavy atom. The highest BCUT2D eigenvalue weighted by Gasteiger charge is 2.05. The van der Waals surface area contributed by atoms with E-state index in [-0.39, 0.29) is 12.2 Å². The Bertz CT molecular complexity index is 985. The monoisotopic (exact) mass is 340 g/mol. The summed E-state index contributed by atoms with van der Waals surface area (Å²) < 4.78 is 6.63. The van der Waals surface area contributed by atoms with Crippen LogP contribution in [0.5, 0.6) is 0 Å². The lowest BCUT2D eigenvalue weighted by Gasteiger charge is -2.05. The normalized spacial score (nSPS) is 11.2. The van der Waals surface area contributed by atoms with E-state index in [2.05, 4.69) is 4.98 Å². The summed E-state index contributed by atoms with van der Waals surface area (Å²) in [6.07, 6.45) is 4.84. The number of aromatic nitrogens is 2. The summed E-state index contributed by atoms with van der Waals surface area (Å²) in [6, 6.07) is 7.02. The van der Waals surface area contributed by atoms with Gasteiger partial charge in [0.2, 0.25) is 0 Å². The third-order valence-electron chi connectivity index (χ3n) is 3.50. The van der Waals surface area contributed by atoms with Gasteiger partial charge < -0.3 is 4.74 Å². The zero-order chi connectivity index (χ0) is 17.1. The van der Waals surface area contributed by atoms with Crippen molar-refractivity contribution in [2.45, 2.75) is 20.5 Å². The minimum atomic E-state index is -0.464. The first-order valence-corrected chi connectivity index (χ1v) is 8.29. The van der Waals surface area contributed by atoms with Crippen LogP contribution >= 0.6 is 11.3 Å². The third-order valence-corrected chi connectivity index (χ3v) is 4.48. The summed E-state index contributed by atoms with van der Waals surface area (Å²) in [5.74, 6) is -0.464. The molecule has 0 N–H and O–H groups in total. The molecule has 24 heavy (non-hydrogen) atoms. The maximum atomic E-state index is 12.1. The molecular weight excluding hydrogens is 324 g/mol. The van der Waals surface area contributed by atoms with Gasteiger partial charge in [-0.05, 0) is 48.6 Å². The predicted molar refractivity (Wildman–Crippen MR) is 94.1 cm³/mol. The van der Waals surface area contributed by atoms with Crippen molar-refractivity contribution in [3.8, 4) is 0 Å². The number of nitrogens with zero attached hydrogens (tertiary/aromatic N) is 2.